The average Bonchev–Trinajstić information content (AvgIpc) is 3.57. The van der Waals surface area contributed by atoms with Gasteiger partial charge in [-0.3, -0.25) is 4.98 Å². The van der Waals surface area contributed by atoms with Crippen LogP contribution in [0.4, 0.5) is 0 Å². The van der Waals surface area contributed by atoms with E-state index in [0.717, 1.165) is 17.7 Å². The number of nitrogens with zero attached hydrogens (tertiary/aromatic N) is 4. The van der Waals surface area contributed by atoms with E-state index in [4.69, 9.17) is 9.40 Å². The third kappa shape index (κ3) is 5.01. The SMILES string of the molecule is Cc1ncc(-c2ccc(S(=O)(=O)C(C)C)cc2)nc1-c1nnc(-c2ccc(CNC3CC3)cc2)o1.[HH]. The van der Waals surface area contributed by atoms with Crippen molar-refractivity contribution >= 4 is 9.84 Å². The number of sulfone groups is 1. The van der Waals surface area contributed by atoms with Crippen LogP contribution in [-0.2, 0) is 16.4 Å². The molecule has 35 heavy (non-hydrogen) atoms. The number of benzene rings is 2. The van der Waals surface area contributed by atoms with Gasteiger partial charge < -0.3 is 9.73 Å². The number of rotatable bonds is 8. The molecule has 2 aromatic carbocycles. The predicted octanol–water partition coefficient (Wildman–Crippen LogP) is 4.85. The van der Waals surface area contributed by atoms with Crippen molar-refractivity contribution in [1.29, 1.82) is 0 Å². The first-order chi connectivity index (χ1) is 16.8. The third-order valence-corrected chi connectivity index (χ3v) is 8.23. The van der Waals surface area contributed by atoms with Gasteiger partial charge in [-0.1, -0.05) is 24.3 Å². The fourth-order valence-electron chi connectivity index (χ4n) is 3.63. The standard InChI is InChI=1S/C26H27N5O3S.H2/c1-16(2)35(32,33)22-12-8-19(9-13-22)23-15-27-17(3)24(29-23)26-31-30-25(34-26)20-6-4-18(5-7-20)14-28-21-10-11-21;/h4-9,12-13,15-16,21,28H,10-11,14H2,1-3H3;1H. The van der Waals surface area contributed by atoms with Crippen molar-refractivity contribution in [3.05, 3.63) is 66.0 Å². The zero-order valence-corrected chi connectivity index (χ0v) is 20.7. The first-order valence-corrected chi connectivity index (χ1v) is 13.2. The van der Waals surface area contributed by atoms with Gasteiger partial charge >= 0.3 is 0 Å². The number of hydrogen-bond acceptors (Lipinski definition) is 8. The van der Waals surface area contributed by atoms with E-state index in [-0.39, 0.29) is 12.2 Å². The normalized spacial score (nSPS) is 13.9. The Balaban J connectivity index is 0.00000304. The first-order valence-electron chi connectivity index (χ1n) is 11.7. The molecular weight excluding hydrogens is 462 g/mol. The summed E-state index contributed by atoms with van der Waals surface area (Å²) >= 11 is 0. The van der Waals surface area contributed by atoms with Gasteiger partial charge in [-0.2, -0.15) is 0 Å². The first kappa shape index (κ1) is 23.3. The Labute approximate surface area is 206 Å². The molecule has 1 aliphatic carbocycles. The molecule has 0 spiro atoms. The van der Waals surface area contributed by atoms with E-state index in [1.807, 2.05) is 19.1 Å². The minimum atomic E-state index is -3.34. The van der Waals surface area contributed by atoms with Gasteiger partial charge in [-0.15, -0.1) is 10.2 Å². The summed E-state index contributed by atoms with van der Waals surface area (Å²) in [5.41, 5.74) is 4.53. The van der Waals surface area contributed by atoms with Gasteiger partial charge in [-0.05, 0) is 63.4 Å². The van der Waals surface area contributed by atoms with Crippen LogP contribution in [0.25, 0.3) is 34.3 Å². The molecule has 2 heterocycles. The smallest absolute Gasteiger partial charge is 0.268 e. The highest BCUT2D eigenvalue weighted by Crippen LogP contribution is 2.28. The molecule has 1 fully saturated rings. The Hall–Kier alpha value is -3.43. The highest BCUT2D eigenvalue weighted by Gasteiger charge is 2.21. The van der Waals surface area contributed by atoms with Crippen molar-refractivity contribution < 1.29 is 14.3 Å². The molecule has 0 atom stereocenters. The third-order valence-electron chi connectivity index (χ3n) is 6.06. The topological polar surface area (TPSA) is 111 Å². The lowest BCUT2D eigenvalue weighted by molar-refractivity contribution is 0.581. The average molecular weight is 492 g/mol. The van der Waals surface area contributed by atoms with Crippen LogP contribution >= 0.6 is 0 Å². The van der Waals surface area contributed by atoms with E-state index in [1.165, 1.54) is 18.4 Å². The second kappa shape index (κ2) is 9.31. The Morgan fingerprint density at radius 3 is 2.31 bits per heavy atom. The molecule has 1 saturated carbocycles. The number of aromatic nitrogens is 4. The largest absolute Gasteiger partial charge is 0.415 e. The number of nitrogens with one attached hydrogen (secondary N) is 1. The van der Waals surface area contributed by atoms with Gasteiger partial charge in [0.2, 0.25) is 5.89 Å². The molecular formula is C26H29N5O3S. The molecule has 0 amide bonds. The van der Waals surface area contributed by atoms with E-state index in [2.05, 4.69) is 32.6 Å². The molecule has 0 bridgehead atoms. The maximum atomic E-state index is 12.4. The summed E-state index contributed by atoms with van der Waals surface area (Å²) in [6.45, 7) is 6.02. The van der Waals surface area contributed by atoms with Crippen LogP contribution in [-0.4, -0.2) is 39.9 Å². The van der Waals surface area contributed by atoms with Crippen LogP contribution in [0.15, 0.2) is 64.0 Å². The van der Waals surface area contributed by atoms with Crippen molar-refractivity contribution in [3.8, 4) is 34.3 Å². The summed E-state index contributed by atoms with van der Waals surface area (Å²) in [6, 6.07) is 15.4. The van der Waals surface area contributed by atoms with Crippen molar-refractivity contribution in [2.45, 2.75) is 56.3 Å². The van der Waals surface area contributed by atoms with Gasteiger partial charge in [0, 0.05) is 25.1 Å². The quantitative estimate of drug-likeness (QED) is 0.372. The lowest BCUT2D eigenvalue weighted by atomic mass is 10.1. The van der Waals surface area contributed by atoms with Gasteiger partial charge in [0.1, 0.15) is 5.69 Å². The van der Waals surface area contributed by atoms with Crippen LogP contribution in [0, 0.1) is 6.92 Å². The molecule has 0 unspecified atom stereocenters. The summed E-state index contributed by atoms with van der Waals surface area (Å²) in [5, 5.41) is 11.4. The zero-order chi connectivity index (χ0) is 24.6. The Bertz CT molecular complexity index is 1450. The van der Waals surface area contributed by atoms with E-state index in [0.29, 0.717) is 29.0 Å². The molecule has 0 aliphatic heterocycles. The monoisotopic (exact) mass is 491 g/mol. The minimum Gasteiger partial charge on any atom is -0.415 e. The van der Waals surface area contributed by atoms with Crippen LogP contribution < -0.4 is 5.32 Å². The van der Waals surface area contributed by atoms with Crippen molar-refractivity contribution in [1.82, 2.24) is 25.5 Å². The lowest BCUT2D eigenvalue weighted by Crippen LogP contribution is -2.14. The van der Waals surface area contributed by atoms with Crippen molar-refractivity contribution in [2.75, 3.05) is 0 Å². The molecule has 8 nitrogen and oxygen atoms in total. The highest BCUT2D eigenvalue weighted by molar-refractivity contribution is 7.92. The Kier molecular flexibility index (Phi) is 6.21. The molecule has 182 valence electrons. The zero-order valence-electron chi connectivity index (χ0n) is 19.9. The molecule has 5 rings (SSSR count). The second-order valence-electron chi connectivity index (χ2n) is 9.07. The number of hydrogen-bond donors (Lipinski definition) is 1. The van der Waals surface area contributed by atoms with Gasteiger partial charge in [0.05, 0.1) is 27.7 Å². The molecule has 2 aromatic heterocycles. The summed E-state index contributed by atoms with van der Waals surface area (Å²) in [7, 11) is -3.34. The van der Waals surface area contributed by atoms with E-state index in [9.17, 15) is 8.42 Å². The summed E-state index contributed by atoms with van der Waals surface area (Å²) in [6.07, 6.45) is 4.17. The van der Waals surface area contributed by atoms with E-state index < -0.39 is 15.1 Å². The highest BCUT2D eigenvalue weighted by atomic mass is 32.2. The fourth-order valence-corrected chi connectivity index (χ4v) is 4.69. The molecule has 0 saturated heterocycles. The fraction of sp³-hybridized carbons (Fsp3) is 0.308. The van der Waals surface area contributed by atoms with Gasteiger partial charge in [0.15, 0.2) is 9.84 Å². The van der Waals surface area contributed by atoms with Crippen LogP contribution in [0.3, 0.4) is 0 Å². The lowest BCUT2D eigenvalue weighted by Gasteiger charge is -2.09. The van der Waals surface area contributed by atoms with Crippen LogP contribution in [0.1, 0.15) is 39.4 Å². The molecule has 4 aromatic rings. The van der Waals surface area contributed by atoms with Crippen LogP contribution in [0.2, 0.25) is 0 Å². The Morgan fingerprint density at radius 2 is 1.66 bits per heavy atom. The Morgan fingerprint density at radius 1 is 1.00 bits per heavy atom. The van der Waals surface area contributed by atoms with Crippen molar-refractivity contribution in [2.24, 2.45) is 0 Å². The molecule has 1 N–H and O–H groups in total. The summed E-state index contributed by atoms with van der Waals surface area (Å²) in [5.74, 6) is 0.696. The molecule has 1 aliphatic rings. The van der Waals surface area contributed by atoms with Crippen LogP contribution in [0.5, 0.6) is 0 Å². The molecule has 0 radical (unpaired) electrons. The minimum absolute atomic E-state index is 0. The van der Waals surface area contributed by atoms with Gasteiger partial charge in [0.25, 0.3) is 5.89 Å². The van der Waals surface area contributed by atoms with E-state index in [1.54, 1.807) is 44.3 Å². The van der Waals surface area contributed by atoms with Gasteiger partial charge in [-0.25, -0.2) is 13.4 Å². The number of aryl methyl sites for hydroxylation is 1. The van der Waals surface area contributed by atoms with E-state index >= 15 is 0 Å². The predicted molar refractivity (Wildman–Crippen MR) is 135 cm³/mol. The maximum absolute atomic E-state index is 12.4. The maximum Gasteiger partial charge on any atom is 0.268 e. The molecule has 9 heteroatoms. The summed E-state index contributed by atoms with van der Waals surface area (Å²) < 4.78 is 30.8. The van der Waals surface area contributed by atoms with Crippen molar-refractivity contribution in [3.63, 3.8) is 0 Å². The second-order valence-corrected chi connectivity index (χ2v) is 11.6. The summed E-state index contributed by atoms with van der Waals surface area (Å²) in [4.78, 5) is 9.42.